The summed E-state index contributed by atoms with van der Waals surface area (Å²) in [5.74, 6) is -3.33. The van der Waals surface area contributed by atoms with Crippen molar-refractivity contribution in [1.29, 1.82) is 0 Å². The van der Waals surface area contributed by atoms with Gasteiger partial charge >= 0.3 is 12.1 Å². The normalized spacial score (nSPS) is 16.6. The number of imide groups is 1. The smallest absolute Gasteiger partial charge is 0.407 e. The van der Waals surface area contributed by atoms with Gasteiger partial charge in [-0.3, -0.25) is 14.1 Å². The van der Waals surface area contributed by atoms with Crippen LogP contribution < -0.4 is 5.32 Å². The third kappa shape index (κ3) is 6.57. The molecule has 0 bridgehead atoms. The minimum atomic E-state index is -4.78. The zero-order chi connectivity index (χ0) is 25.9. The van der Waals surface area contributed by atoms with Gasteiger partial charge in [-0.15, -0.1) is 5.06 Å². The maximum atomic E-state index is 12.2. The van der Waals surface area contributed by atoms with E-state index < -0.39 is 45.7 Å². The molecule has 2 N–H and O–H groups in total. The van der Waals surface area contributed by atoms with Crippen molar-refractivity contribution in [2.75, 3.05) is 13.2 Å². The van der Waals surface area contributed by atoms with Crippen LogP contribution in [0.3, 0.4) is 0 Å². The quantitative estimate of drug-likeness (QED) is 0.210. The first-order valence-corrected chi connectivity index (χ1v) is 12.8. The van der Waals surface area contributed by atoms with E-state index in [-0.39, 0.29) is 66.5 Å². The number of hydrogen-bond donors (Lipinski definition) is 2. The minimum absolute atomic E-state index is 0. The predicted molar refractivity (Wildman–Crippen MR) is 131 cm³/mol. The largest absolute Gasteiger partial charge is 0.449 e. The van der Waals surface area contributed by atoms with Crippen LogP contribution >= 0.6 is 0 Å². The number of unbranched alkanes of at least 4 members (excludes halogenated alkanes) is 1. The summed E-state index contributed by atoms with van der Waals surface area (Å²) in [5.41, 5.74) is 4.45. The zero-order valence-electron chi connectivity index (χ0n) is 20.1. The number of nitrogens with zero attached hydrogens (tertiary/aromatic N) is 1. The first-order chi connectivity index (χ1) is 17.2. The Kier molecular flexibility index (Phi) is 9.48. The van der Waals surface area contributed by atoms with Crippen LogP contribution in [0.2, 0.25) is 0 Å². The van der Waals surface area contributed by atoms with Crippen molar-refractivity contribution >= 4 is 63.6 Å². The number of hydrogen-bond acceptors (Lipinski definition) is 8. The molecule has 2 aliphatic rings. The summed E-state index contributed by atoms with van der Waals surface area (Å²) >= 11 is 0. The van der Waals surface area contributed by atoms with E-state index in [0.29, 0.717) is 6.42 Å². The molecule has 3 amide bonds. The zero-order valence-corrected chi connectivity index (χ0v) is 22.9. The Morgan fingerprint density at radius 1 is 1.00 bits per heavy atom. The van der Waals surface area contributed by atoms with Crippen molar-refractivity contribution in [3.8, 4) is 11.1 Å². The van der Waals surface area contributed by atoms with Gasteiger partial charge in [0.2, 0.25) is 0 Å². The monoisotopic (exact) mass is 539 g/mol. The molecule has 2 aromatic carbocycles. The molecule has 1 aliphatic heterocycles. The van der Waals surface area contributed by atoms with Crippen LogP contribution in [0.4, 0.5) is 4.79 Å². The van der Waals surface area contributed by atoms with Crippen LogP contribution in [0, 0.1) is 0 Å². The molecular weight excluding hydrogens is 515 g/mol. The van der Waals surface area contributed by atoms with E-state index >= 15 is 0 Å². The maximum Gasteiger partial charge on any atom is 0.407 e. The van der Waals surface area contributed by atoms with E-state index in [1.165, 1.54) is 0 Å². The first kappa shape index (κ1) is 28.8. The molecule has 0 aromatic heterocycles. The summed E-state index contributed by atoms with van der Waals surface area (Å²) in [6.45, 7) is 0.394. The number of benzene rings is 2. The number of amides is 3. The fraction of sp³-hybridized carbons (Fsp3) is 0.333. The molecule has 1 aliphatic carbocycles. The summed E-state index contributed by atoms with van der Waals surface area (Å²) in [6, 6.07) is 16.0. The topological polar surface area (TPSA) is 156 Å². The van der Waals surface area contributed by atoms with E-state index in [4.69, 9.17) is 9.29 Å². The molecule has 1 unspecified atom stereocenters. The molecule has 1 radical (unpaired) electrons. The van der Waals surface area contributed by atoms with Crippen molar-refractivity contribution in [2.45, 2.75) is 36.9 Å². The van der Waals surface area contributed by atoms with Crippen LogP contribution in [0.5, 0.6) is 0 Å². The molecule has 1 heterocycles. The van der Waals surface area contributed by atoms with Gasteiger partial charge in [0.15, 0.2) is 5.25 Å². The van der Waals surface area contributed by atoms with Gasteiger partial charge in [-0.2, -0.15) is 8.42 Å². The SMILES string of the molecule is O=C(CCCCNC(=O)OCC1c2ccccc2-c2ccccc21)ON1C(=O)CC(S(=O)(=O)O)C1=O.[Na]. The summed E-state index contributed by atoms with van der Waals surface area (Å²) in [5, 5.41) is 0.704. The van der Waals surface area contributed by atoms with Gasteiger partial charge in [-0.1, -0.05) is 48.5 Å². The second-order valence-corrected chi connectivity index (χ2v) is 10.0. The summed E-state index contributed by atoms with van der Waals surface area (Å²) < 4.78 is 36.6. The Balaban J connectivity index is 0.00000380. The van der Waals surface area contributed by atoms with Crippen molar-refractivity contribution in [3.63, 3.8) is 0 Å². The number of hydroxylamine groups is 2. The van der Waals surface area contributed by atoms with Crippen LogP contribution in [-0.2, 0) is 34.1 Å². The Hall–Kier alpha value is -2.77. The predicted octanol–water partition coefficient (Wildman–Crippen LogP) is 1.79. The fourth-order valence-electron chi connectivity index (χ4n) is 4.29. The number of alkyl carbamates (subject to hydrolysis) is 1. The molecule has 1 atom stereocenters. The van der Waals surface area contributed by atoms with Gasteiger partial charge in [-0.05, 0) is 35.1 Å². The molecule has 1 saturated heterocycles. The first-order valence-electron chi connectivity index (χ1n) is 11.3. The Bertz CT molecular complexity index is 1270. The molecule has 191 valence electrons. The van der Waals surface area contributed by atoms with E-state index in [2.05, 4.69) is 10.2 Å². The number of nitrogens with one attached hydrogen (secondary N) is 1. The van der Waals surface area contributed by atoms with Crippen LogP contribution in [0.15, 0.2) is 48.5 Å². The molecule has 37 heavy (non-hydrogen) atoms. The van der Waals surface area contributed by atoms with Crippen LogP contribution in [-0.4, -0.2) is 89.9 Å². The van der Waals surface area contributed by atoms with Crippen molar-refractivity contribution < 1.29 is 41.7 Å². The third-order valence-electron chi connectivity index (χ3n) is 6.04. The second-order valence-electron chi connectivity index (χ2n) is 8.41. The maximum absolute atomic E-state index is 12.2. The molecule has 11 nitrogen and oxygen atoms in total. The summed E-state index contributed by atoms with van der Waals surface area (Å²) in [7, 11) is -4.78. The molecule has 1 fully saturated rings. The van der Waals surface area contributed by atoms with Crippen molar-refractivity contribution in [3.05, 3.63) is 59.7 Å². The molecule has 13 heteroatoms. The average molecular weight is 540 g/mol. The van der Waals surface area contributed by atoms with Gasteiger partial charge in [0.1, 0.15) is 6.61 Å². The minimum Gasteiger partial charge on any atom is -0.449 e. The molecule has 4 rings (SSSR count). The standard InChI is InChI=1S/C24H24N2O9S.Na/c27-21-13-20(36(31,32)33)23(29)26(21)35-22(28)11-5-6-12-25-24(30)34-14-19-17-9-3-1-7-15(17)16-8-2-4-10-18(16)19;/h1-4,7-10,19-20H,5-6,11-14H2,(H,25,30)(H,31,32,33);. The van der Waals surface area contributed by atoms with E-state index in [1.54, 1.807) is 0 Å². The summed E-state index contributed by atoms with van der Waals surface area (Å²) in [6.07, 6.45) is -0.923. The van der Waals surface area contributed by atoms with Gasteiger partial charge < -0.3 is 14.9 Å². The Labute approximate surface area is 235 Å². The van der Waals surface area contributed by atoms with Crippen LogP contribution in [0.25, 0.3) is 11.1 Å². The number of carbonyl (C=O) groups is 4. The van der Waals surface area contributed by atoms with Gasteiger partial charge in [0, 0.05) is 48.4 Å². The molecular formula is C24H24N2NaO9S. The fourth-order valence-corrected chi connectivity index (χ4v) is 5.00. The van der Waals surface area contributed by atoms with Crippen molar-refractivity contribution in [1.82, 2.24) is 10.4 Å². The molecule has 2 aromatic rings. The number of fused-ring (bicyclic) bond motifs is 3. The van der Waals surface area contributed by atoms with Gasteiger partial charge in [-0.25, -0.2) is 9.59 Å². The van der Waals surface area contributed by atoms with E-state index in [0.717, 1.165) is 22.3 Å². The molecule has 0 saturated carbocycles. The van der Waals surface area contributed by atoms with Crippen LogP contribution in [0.1, 0.15) is 42.7 Å². The summed E-state index contributed by atoms with van der Waals surface area (Å²) in [4.78, 5) is 52.3. The number of ether oxygens (including phenoxy) is 1. The van der Waals surface area contributed by atoms with E-state index in [9.17, 15) is 27.6 Å². The average Bonchev–Trinajstić information content (AvgIpc) is 3.32. The number of carbonyl (C=O) groups excluding carboxylic acids is 4. The van der Waals surface area contributed by atoms with Gasteiger partial charge in [0.25, 0.3) is 21.9 Å². The van der Waals surface area contributed by atoms with Gasteiger partial charge in [0.05, 0.1) is 6.42 Å². The second kappa shape index (κ2) is 12.2. The van der Waals surface area contributed by atoms with E-state index in [1.807, 2.05) is 48.5 Å². The number of rotatable bonds is 9. The third-order valence-corrected chi connectivity index (χ3v) is 7.12. The van der Waals surface area contributed by atoms with Crippen molar-refractivity contribution in [2.24, 2.45) is 0 Å². The Morgan fingerprint density at radius 3 is 2.16 bits per heavy atom. The molecule has 0 spiro atoms. The Morgan fingerprint density at radius 2 is 1.59 bits per heavy atom.